The van der Waals surface area contributed by atoms with E-state index in [0.717, 1.165) is 12.8 Å². The third-order valence-electron chi connectivity index (χ3n) is 6.08. The summed E-state index contributed by atoms with van der Waals surface area (Å²) in [5.74, 6) is 0.0596. The largest absolute Gasteiger partial charge is 0.448 e. The Morgan fingerprint density at radius 1 is 1.10 bits per heavy atom. The van der Waals surface area contributed by atoms with Gasteiger partial charge in [0.25, 0.3) is 0 Å². The Morgan fingerprint density at radius 3 is 2.47 bits per heavy atom. The minimum absolute atomic E-state index is 0.0482. The van der Waals surface area contributed by atoms with Gasteiger partial charge in [0.15, 0.2) is 0 Å². The van der Waals surface area contributed by atoms with Crippen molar-refractivity contribution in [3.05, 3.63) is 71.5 Å². The maximum Gasteiger partial charge on any atom is 0.409 e. The van der Waals surface area contributed by atoms with Crippen LogP contribution >= 0.6 is 0 Å². The first-order valence-electron chi connectivity index (χ1n) is 10.4. The number of fused-ring (bicyclic) bond motifs is 3. The number of amides is 1. The summed E-state index contributed by atoms with van der Waals surface area (Å²) in [4.78, 5) is 14.6. The highest BCUT2D eigenvalue weighted by Gasteiger charge is 2.31. The standard InChI is InChI=1S/C23H24N4O3/c28-14-16-12-27(25-24-16)17-6-5-11-26(13-17)23(29)30-15-22-20-9-3-1-7-18(20)19-8-2-4-10-21(19)22/h1-4,7-10,12,17,22,28H,5-6,11,13-15H2. The monoisotopic (exact) mass is 404 g/mol. The number of aromatic nitrogens is 3. The Balaban J connectivity index is 1.27. The zero-order chi connectivity index (χ0) is 20.5. The molecule has 5 rings (SSSR count). The van der Waals surface area contributed by atoms with Gasteiger partial charge in [-0.2, -0.15) is 0 Å². The Kier molecular flexibility index (Phi) is 4.96. The minimum atomic E-state index is -0.288. The average Bonchev–Trinajstić information content (AvgIpc) is 3.41. The molecule has 1 amide bonds. The molecule has 0 spiro atoms. The van der Waals surface area contributed by atoms with Crippen LogP contribution in [-0.4, -0.2) is 50.8 Å². The van der Waals surface area contributed by atoms with Gasteiger partial charge in [-0.25, -0.2) is 9.48 Å². The number of benzene rings is 2. The summed E-state index contributed by atoms with van der Waals surface area (Å²) in [7, 11) is 0. The SMILES string of the molecule is O=C(OCC1c2ccccc2-c2ccccc21)N1CCCC(n2cc(CO)nn2)C1. The molecule has 1 atom stereocenters. The second-order valence-corrected chi connectivity index (χ2v) is 7.89. The highest BCUT2D eigenvalue weighted by molar-refractivity contribution is 5.79. The third kappa shape index (κ3) is 3.35. The zero-order valence-corrected chi connectivity index (χ0v) is 16.6. The fourth-order valence-electron chi connectivity index (χ4n) is 4.59. The van der Waals surface area contributed by atoms with Gasteiger partial charge in [0, 0.05) is 19.0 Å². The molecule has 154 valence electrons. The number of aliphatic hydroxyl groups excluding tert-OH is 1. The molecule has 1 aliphatic heterocycles. The zero-order valence-electron chi connectivity index (χ0n) is 16.6. The molecule has 1 unspecified atom stereocenters. The Bertz CT molecular complexity index is 1020. The highest BCUT2D eigenvalue weighted by Crippen LogP contribution is 2.44. The summed E-state index contributed by atoms with van der Waals surface area (Å²) >= 11 is 0. The number of carbonyl (C=O) groups excluding carboxylic acids is 1. The lowest BCUT2D eigenvalue weighted by Gasteiger charge is -2.32. The van der Waals surface area contributed by atoms with Gasteiger partial charge in [-0.1, -0.05) is 53.7 Å². The van der Waals surface area contributed by atoms with E-state index >= 15 is 0 Å². The van der Waals surface area contributed by atoms with E-state index < -0.39 is 0 Å². The minimum Gasteiger partial charge on any atom is -0.448 e. The van der Waals surface area contributed by atoms with E-state index in [1.165, 1.54) is 22.3 Å². The van der Waals surface area contributed by atoms with Gasteiger partial charge >= 0.3 is 6.09 Å². The second kappa shape index (κ2) is 7.91. The molecule has 2 aliphatic rings. The maximum absolute atomic E-state index is 12.8. The van der Waals surface area contributed by atoms with Crippen LogP contribution in [0.4, 0.5) is 4.79 Å². The van der Waals surface area contributed by atoms with Gasteiger partial charge in [0.2, 0.25) is 0 Å². The van der Waals surface area contributed by atoms with Crippen molar-refractivity contribution in [2.24, 2.45) is 0 Å². The van der Waals surface area contributed by atoms with E-state index in [2.05, 4.69) is 34.6 Å². The molecule has 0 bridgehead atoms. The Labute approximate surface area is 174 Å². The molecular formula is C23H24N4O3. The number of piperidine rings is 1. The lowest BCUT2D eigenvalue weighted by atomic mass is 9.98. The second-order valence-electron chi connectivity index (χ2n) is 7.89. The van der Waals surface area contributed by atoms with Crippen molar-refractivity contribution in [2.75, 3.05) is 19.7 Å². The van der Waals surface area contributed by atoms with Crippen molar-refractivity contribution in [2.45, 2.75) is 31.4 Å². The van der Waals surface area contributed by atoms with Crippen LogP contribution in [-0.2, 0) is 11.3 Å². The van der Waals surface area contributed by atoms with Crippen LogP contribution in [0.3, 0.4) is 0 Å². The Morgan fingerprint density at radius 2 is 1.80 bits per heavy atom. The summed E-state index contributed by atoms with van der Waals surface area (Å²) in [5.41, 5.74) is 5.40. The van der Waals surface area contributed by atoms with Crippen molar-refractivity contribution >= 4 is 6.09 Å². The highest BCUT2D eigenvalue weighted by atomic mass is 16.6. The number of hydrogen-bond acceptors (Lipinski definition) is 5. The Hall–Kier alpha value is -3.19. The molecule has 1 N–H and O–H groups in total. The molecule has 1 fully saturated rings. The number of carbonyl (C=O) groups is 1. The molecular weight excluding hydrogens is 380 g/mol. The normalized spacial score (nSPS) is 18.2. The summed E-state index contributed by atoms with van der Waals surface area (Å²) in [5, 5.41) is 17.2. The van der Waals surface area contributed by atoms with Crippen LogP contribution in [0.25, 0.3) is 11.1 Å². The number of nitrogens with zero attached hydrogens (tertiary/aromatic N) is 4. The maximum atomic E-state index is 12.8. The van der Waals surface area contributed by atoms with Crippen molar-refractivity contribution in [3.63, 3.8) is 0 Å². The van der Waals surface area contributed by atoms with Crippen molar-refractivity contribution in [3.8, 4) is 11.1 Å². The molecule has 1 saturated heterocycles. The van der Waals surface area contributed by atoms with E-state index in [-0.39, 0.29) is 24.7 Å². The van der Waals surface area contributed by atoms with Crippen LogP contribution in [0.15, 0.2) is 54.7 Å². The quantitative estimate of drug-likeness (QED) is 0.721. The van der Waals surface area contributed by atoms with Gasteiger partial charge in [0.1, 0.15) is 12.3 Å². The van der Waals surface area contributed by atoms with E-state index in [4.69, 9.17) is 4.74 Å². The molecule has 7 heteroatoms. The first-order valence-corrected chi connectivity index (χ1v) is 10.4. The van der Waals surface area contributed by atoms with Gasteiger partial charge in [-0.05, 0) is 35.1 Å². The molecule has 0 radical (unpaired) electrons. The number of hydrogen-bond donors (Lipinski definition) is 1. The molecule has 3 aromatic rings. The van der Waals surface area contributed by atoms with E-state index in [0.29, 0.717) is 25.4 Å². The van der Waals surface area contributed by atoms with Gasteiger partial charge in [-0.15, -0.1) is 5.10 Å². The first kappa shape index (κ1) is 18.8. The molecule has 30 heavy (non-hydrogen) atoms. The predicted molar refractivity (Wildman–Crippen MR) is 111 cm³/mol. The molecule has 1 aromatic heterocycles. The van der Waals surface area contributed by atoms with Crippen LogP contribution in [0.2, 0.25) is 0 Å². The van der Waals surface area contributed by atoms with E-state index in [1.807, 2.05) is 24.3 Å². The van der Waals surface area contributed by atoms with Crippen molar-refractivity contribution in [1.82, 2.24) is 19.9 Å². The summed E-state index contributed by atoms with van der Waals surface area (Å²) in [6, 6.07) is 16.7. The third-order valence-corrected chi connectivity index (χ3v) is 6.08. The average molecular weight is 404 g/mol. The van der Waals surface area contributed by atoms with Gasteiger partial charge in [0.05, 0.1) is 18.8 Å². The smallest absolute Gasteiger partial charge is 0.409 e. The molecule has 0 saturated carbocycles. The number of rotatable bonds is 4. The summed E-state index contributed by atoms with van der Waals surface area (Å²) in [6.45, 7) is 1.40. The molecule has 7 nitrogen and oxygen atoms in total. The number of likely N-dealkylation sites (tertiary alicyclic amines) is 1. The fourth-order valence-corrected chi connectivity index (χ4v) is 4.59. The van der Waals surface area contributed by atoms with Crippen molar-refractivity contribution in [1.29, 1.82) is 0 Å². The molecule has 2 aromatic carbocycles. The van der Waals surface area contributed by atoms with Gasteiger partial charge in [-0.3, -0.25) is 0 Å². The fraction of sp³-hybridized carbons (Fsp3) is 0.348. The number of aliphatic hydroxyl groups is 1. The van der Waals surface area contributed by atoms with E-state index in [9.17, 15) is 9.90 Å². The number of ether oxygens (including phenoxy) is 1. The van der Waals surface area contributed by atoms with Crippen LogP contribution in [0.1, 0.15) is 41.6 Å². The van der Waals surface area contributed by atoms with Crippen molar-refractivity contribution < 1.29 is 14.6 Å². The van der Waals surface area contributed by atoms with E-state index in [1.54, 1.807) is 15.8 Å². The van der Waals surface area contributed by atoms with Crippen LogP contribution in [0, 0.1) is 0 Å². The summed E-state index contributed by atoms with van der Waals surface area (Å²) in [6.07, 6.45) is 3.25. The summed E-state index contributed by atoms with van der Waals surface area (Å²) < 4.78 is 7.54. The van der Waals surface area contributed by atoms with Crippen LogP contribution in [0.5, 0.6) is 0 Å². The lowest BCUT2D eigenvalue weighted by molar-refractivity contribution is 0.0818. The first-order chi connectivity index (χ1) is 14.7. The lowest BCUT2D eigenvalue weighted by Crippen LogP contribution is -2.41. The van der Waals surface area contributed by atoms with Gasteiger partial charge < -0.3 is 14.7 Å². The molecule has 2 heterocycles. The van der Waals surface area contributed by atoms with Crippen LogP contribution < -0.4 is 0 Å². The molecule has 1 aliphatic carbocycles. The predicted octanol–water partition coefficient (Wildman–Crippen LogP) is 3.36. The topological polar surface area (TPSA) is 80.5 Å².